The van der Waals surface area contributed by atoms with Crippen LogP contribution in [0.1, 0.15) is 78.7 Å². The Morgan fingerprint density at radius 1 is 0.616 bits per heavy atom. The van der Waals surface area contributed by atoms with Crippen LogP contribution in [0, 0.1) is 0 Å². The highest BCUT2D eigenvalue weighted by Crippen LogP contribution is 2.51. The maximum absolute atomic E-state index is 14.4. The van der Waals surface area contributed by atoms with Crippen LogP contribution in [0.15, 0.2) is 148 Å². The summed E-state index contributed by atoms with van der Waals surface area (Å²) in [4.78, 5) is 51.5. The number of unbranched alkanes of at least 4 members (excludes halogenated alkanes) is 2. The van der Waals surface area contributed by atoms with E-state index in [1.807, 2.05) is 42.5 Å². The number of benzene rings is 4. The van der Waals surface area contributed by atoms with Gasteiger partial charge in [0.2, 0.25) is 23.7 Å². The number of nitrogens with two attached hydrogens (primary N) is 1. The lowest BCUT2D eigenvalue weighted by atomic mass is 9.96. The van der Waals surface area contributed by atoms with Crippen molar-refractivity contribution in [3.05, 3.63) is 148 Å². The van der Waals surface area contributed by atoms with Gasteiger partial charge in [-0.05, 0) is 89.1 Å². The molecule has 99 heavy (non-hydrogen) atoms. The molecule has 12 atom stereocenters. The molecule has 2 aliphatic rings. The van der Waals surface area contributed by atoms with Crippen LogP contribution in [0.5, 0.6) is 23.3 Å². The number of nitrogen functional groups attached to an aromatic ring is 1. The number of allylic oxidation sites excluding steroid dienone is 2. The Balaban J connectivity index is 0.000000231. The summed E-state index contributed by atoms with van der Waals surface area (Å²) in [6.07, 6.45) is 5.22. The molecule has 4 aromatic carbocycles. The third kappa shape index (κ3) is 17.8. The lowest BCUT2D eigenvalue weighted by Gasteiger charge is -2.27. The number of nitrogens with one attached hydrogen (secondary N) is 3. The smallest absolute Gasteiger partial charge is 0.459 e. The fraction of sp³-hybridized carbons (Fsp3) is 0.403. The van der Waals surface area contributed by atoms with Crippen molar-refractivity contribution in [1.82, 2.24) is 49.2 Å². The first-order valence-corrected chi connectivity index (χ1v) is 35.0. The number of fused-ring (bicyclic) bond motifs is 4. The number of aromatic nitrogens is 8. The summed E-state index contributed by atoms with van der Waals surface area (Å²) >= 11 is 0. The number of carbonyl (C=O) groups is 2. The maximum Gasteiger partial charge on any atom is 0.459 e. The van der Waals surface area contributed by atoms with Crippen molar-refractivity contribution < 1.29 is 85.7 Å². The zero-order valence-corrected chi connectivity index (χ0v) is 57.3. The van der Waals surface area contributed by atoms with Crippen LogP contribution in [0.4, 0.5) is 11.9 Å². The van der Waals surface area contributed by atoms with Crippen LogP contribution in [0.3, 0.4) is 0 Å². The molecule has 30 nitrogen and oxygen atoms in total. The predicted octanol–water partition coefficient (Wildman–Crippen LogP) is 8.89. The molecule has 0 bridgehead atoms. The van der Waals surface area contributed by atoms with Crippen LogP contribution in [-0.2, 0) is 46.7 Å². The Bertz CT molecular complexity index is 4240. The zero-order chi connectivity index (χ0) is 71.1. The van der Waals surface area contributed by atoms with Crippen LogP contribution >= 0.6 is 15.5 Å². The van der Waals surface area contributed by atoms with Crippen molar-refractivity contribution >= 4 is 83.2 Å². The molecule has 0 spiro atoms. The van der Waals surface area contributed by atoms with Crippen molar-refractivity contribution in [3.8, 4) is 23.3 Å². The average molecular weight is 1410 g/mol. The van der Waals surface area contributed by atoms with E-state index in [1.54, 1.807) is 73.8 Å². The van der Waals surface area contributed by atoms with Gasteiger partial charge in [-0.3, -0.25) is 27.8 Å². The number of aliphatic hydroxyl groups excluding tert-OH is 2. The largest absolute Gasteiger partial charge is 0.476 e. The third-order valence-electron chi connectivity index (χ3n) is 15.9. The molecule has 6 unspecified atom stereocenters. The van der Waals surface area contributed by atoms with E-state index in [9.17, 15) is 39.1 Å². The molecule has 6 heterocycles. The van der Waals surface area contributed by atoms with Gasteiger partial charge in [-0.2, -0.15) is 30.1 Å². The first-order chi connectivity index (χ1) is 47.5. The number of carbonyl (C=O) groups excluding carboxylic acids is 2. The van der Waals surface area contributed by atoms with Gasteiger partial charge in [0.1, 0.15) is 59.2 Å². The van der Waals surface area contributed by atoms with Crippen molar-refractivity contribution in [3.63, 3.8) is 0 Å². The summed E-state index contributed by atoms with van der Waals surface area (Å²) in [5.41, 5.74) is 3.16. The number of anilines is 2. The fourth-order valence-corrected chi connectivity index (χ4v) is 13.7. The highest BCUT2D eigenvalue weighted by atomic mass is 31.2. The van der Waals surface area contributed by atoms with Crippen LogP contribution < -0.4 is 39.7 Å². The quantitative estimate of drug-likeness (QED) is 0.00795. The van der Waals surface area contributed by atoms with Crippen LogP contribution in [0.2, 0.25) is 0 Å². The van der Waals surface area contributed by atoms with Crippen LogP contribution in [-0.4, -0.2) is 166 Å². The van der Waals surface area contributed by atoms with E-state index in [1.165, 1.54) is 49.5 Å². The van der Waals surface area contributed by atoms with Gasteiger partial charge < -0.3 is 68.9 Å². The minimum atomic E-state index is -4.39. The van der Waals surface area contributed by atoms with E-state index in [0.29, 0.717) is 61.4 Å². The normalized spacial score (nSPS) is 22.3. The molecule has 10 rings (SSSR count). The Morgan fingerprint density at radius 2 is 1.03 bits per heavy atom. The number of hydrogen-bond acceptors (Lipinski definition) is 26. The summed E-state index contributed by atoms with van der Waals surface area (Å²) in [6.45, 7) is 20.2. The molecule has 0 aliphatic carbocycles. The predicted molar refractivity (Wildman–Crippen MR) is 369 cm³/mol. The number of rotatable bonds is 35. The second kappa shape index (κ2) is 33.4. The Morgan fingerprint density at radius 3 is 1.46 bits per heavy atom. The first kappa shape index (κ1) is 74.5. The molecule has 0 amide bonds. The molecule has 9 N–H and O–H groups in total. The Hall–Kier alpha value is -8.74. The van der Waals surface area contributed by atoms with Gasteiger partial charge in [-0.15, -0.1) is 26.3 Å². The standard InChI is InChI=1S/C34H43N6O9P.C33H41N6O9P/c1-6-8-12-19-46-31(42)22(3)39-50(44,49-25-17-13-15-23-14-10-11-16-24(23)25)47-20-26-28(41)34(4,43)32(48-26)40-21-36-27-29(40)37-33(35-5)38-30(27)45-18-9-7-2;1-5-7-11-18-45-30(41)21(3)38-49(43,48-24-16-12-14-22-13-9-10-15-23(22)24)46-19-25-27(40)33(4,42)31(47-25)39-20-35-26-28(39)36-32(34)37-29(26)44-17-8-6-2/h6-7,10-11,13-17,21-22,26,28,32,41,43H,1-2,8-9,12,18-20H2,3-5H3,(H,39,44)(H,35,37,38);5-6,9-10,12-16,20-21,25,27,31,40,42H,1-2,7-8,11,17-19H2,3-4H3,(H,38,43)(H2,34,36,37)/t22-,26?,28+,32?,34+,50?;21-,25?,27+,31?,33+,49?/m00/s1. The molecule has 8 aromatic rings. The van der Waals surface area contributed by atoms with Gasteiger partial charge >= 0.3 is 27.4 Å². The summed E-state index contributed by atoms with van der Waals surface area (Å²) < 4.78 is 89.7. The minimum absolute atomic E-state index is 0.105. The van der Waals surface area contributed by atoms with Crippen molar-refractivity contribution in [2.45, 2.75) is 126 Å². The summed E-state index contributed by atoms with van der Waals surface area (Å²) in [7, 11) is -7.13. The molecule has 2 fully saturated rings. The lowest BCUT2D eigenvalue weighted by Crippen LogP contribution is -2.44. The Kier molecular flexibility index (Phi) is 25.1. The summed E-state index contributed by atoms with van der Waals surface area (Å²) in [5.74, 6) is -0.399. The molecule has 0 radical (unpaired) electrons. The van der Waals surface area contributed by atoms with E-state index in [2.05, 4.69) is 71.7 Å². The maximum atomic E-state index is 14.4. The molecule has 4 aromatic heterocycles. The molecule has 2 saturated heterocycles. The number of ether oxygens (including phenoxy) is 6. The average Bonchev–Trinajstić information content (AvgIpc) is 1.60. The van der Waals surface area contributed by atoms with Crippen LogP contribution in [0.25, 0.3) is 43.9 Å². The van der Waals surface area contributed by atoms with E-state index in [0.717, 1.165) is 10.8 Å². The number of aliphatic hydroxyl groups is 4. The van der Waals surface area contributed by atoms with E-state index in [-0.39, 0.29) is 71.8 Å². The lowest BCUT2D eigenvalue weighted by molar-refractivity contribution is -0.146. The molecule has 530 valence electrons. The van der Waals surface area contributed by atoms with Crippen molar-refractivity contribution in [2.24, 2.45) is 0 Å². The molecule has 2 aliphatic heterocycles. The van der Waals surface area contributed by atoms with Crippen molar-refractivity contribution in [1.29, 1.82) is 0 Å². The second-order valence-corrected chi connectivity index (χ2v) is 26.9. The number of nitrogens with zero attached hydrogens (tertiary/aromatic N) is 8. The first-order valence-electron chi connectivity index (χ1n) is 31.9. The van der Waals surface area contributed by atoms with Crippen molar-refractivity contribution in [2.75, 3.05) is 57.7 Å². The van der Waals surface area contributed by atoms with Gasteiger partial charge in [0.15, 0.2) is 34.8 Å². The third-order valence-corrected chi connectivity index (χ3v) is 19.2. The van der Waals surface area contributed by atoms with Gasteiger partial charge in [0.25, 0.3) is 0 Å². The highest BCUT2D eigenvalue weighted by molar-refractivity contribution is 7.52. The zero-order valence-electron chi connectivity index (χ0n) is 55.5. The summed E-state index contributed by atoms with van der Waals surface area (Å²) in [6, 6.07) is 22.9. The molecule has 0 saturated carbocycles. The number of imidazole rings is 2. The number of esters is 2. The molecule has 32 heteroatoms. The highest BCUT2D eigenvalue weighted by Gasteiger charge is 2.56. The van der Waals surface area contributed by atoms with E-state index in [4.69, 9.17) is 52.2 Å². The van der Waals surface area contributed by atoms with E-state index >= 15 is 0 Å². The topological polar surface area (TPSA) is 391 Å². The molecular formula is C67H84N12O18P2. The second-order valence-electron chi connectivity index (χ2n) is 23.5. The minimum Gasteiger partial charge on any atom is -0.476 e. The monoisotopic (exact) mass is 1410 g/mol. The Labute approximate surface area is 571 Å². The SMILES string of the molecule is C=CCCCOC(=O)[C@H](C)NP(=O)(OCC1OC(n2cnc3c(OCCC=C)nc(N)nc32)[C@](C)(O)[C@@H]1O)Oc1cccc2ccccc12.C=CCCCOC(=O)[C@H](C)NP(=O)(OCC1OC(n2cnc3c(OCCC=C)nc(NC)nc32)[C@](C)(O)[C@@H]1O)Oc1cccc2ccccc12. The molecular weight excluding hydrogens is 1320 g/mol. The number of hydrogen-bond donors (Lipinski definition) is 8. The van der Waals surface area contributed by atoms with E-state index < -0.39 is 101 Å². The fourth-order valence-electron chi connectivity index (χ4n) is 10.7. The van der Waals surface area contributed by atoms with Gasteiger partial charge in [-0.25, -0.2) is 19.1 Å². The van der Waals surface area contributed by atoms with Gasteiger partial charge in [0.05, 0.1) is 52.3 Å². The van der Waals surface area contributed by atoms with Gasteiger partial charge in [0, 0.05) is 17.8 Å². The van der Waals surface area contributed by atoms with Gasteiger partial charge in [-0.1, -0.05) is 97.1 Å². The summed E-state index contributed by atoms with van der Waals surface area (Å²) in [5, 5.41) is 56.7.